The minimum Gasteiger partial charge on any atom is -0.305 e. The van der Waals surface area contributed by atoms with Crippen LogP contribution in [0.3, 0.4) is 0 Å². The van der Waals surface area contributed by atoms with Gasteiger partial charge in [-0.05, 0) is 18.6 Å². The maximum absolute atomic E-state index is 13.9. The highest BCUT2D eigenvalue weighted by Crippen LogP contribution is 2.64. The summed E-state index contributed by atoms with van der Waals surface area (Å²) < 4.78 is 122. The number of nitrogens with one attached hydrogen (secondary N) is 1. The third-order valence-corrected chi connectivity index (χ3v) is 3.36. The van der Waals surface area contributed by atoms with Crippen molar-refractivity contribution < 1.29 is 49.0 Å². The zero-order valence-electron chi connectivity index (χ0n) is 11.9. The van der Waals surface area contributed by atoms with Gasteiger partial charge < -0.3 is 5.32 Å². The van der Waals surface area contributed by atoms with Crippen LogP contribution in [0.2, 0.25) is 0 Å². The zero-order chi connectivity index (χ0) is 19.5. The first-order valence-corrected chi connectivity index (χ1v) is 6.25. The van der Waals surface area contributed by atoms with Gasteiger partial charge in [0, 0.05) is 6.20 Å². The summed E-state index contributed by atoms with van der Waals surface area (Å²) in [6.45, 7) is 1.22. The molecule has 1 fully saturated rings. The molecule has 1 amide bonds. The number of hydrogen-bond donors (Lipinski definition) is 1. The maximum atomic E-state index is 13.9. The summed E-state index contributed by atoms with van der Waals surface area (Å²) in [4.78, 5) is 14.8. The van der Waals surface area contributed by atoms with Crippen LogP contribution in [0.1, 0.15) is 5.56 Å². The predicted octanol–water partition coefficient (Wildman–Crippen LogP) is 3.52. The van der Waals surface area contributed by atoms with E-state index in [0.717, 1.165) is 6.20 Å². The van der Waals surface area contributed by atoms with Gasteiger partial charge in [0.25, 0.3) is 0 Å². The Morgan fingerprint density at radius 2 is 1.68 bits per heavy atom. The number of carbonyl (C=O) groups excluding carboxylic acids is 1. The molecule has 2 heterocycles. The van der Waals surface area contributed by atoms with E-state index in [1.165, 1.54) is 24.4 Å². The number of halogens is 9. The molecule has 1 aromatic rings. The molecule has 1 N–H and O–H groups in total. The van der Waals surface area contributed by atoms with E-state index in [-0.39, 0.29) is 5.56 Å². The fraction of sp³-hybridized carbons (Fsp3) is 0.500. The highest BCUT2D eigenvalue weighted by molar-refractivity contribution is 5.96. The molecule has 2 rings (SSSR count). The number of nitrogens with zero attached hydrogens (tertiary/aromatic N) is 1. The van der Waals surface area contributed by atoms with Crippen molar-refractivity contribution in [3.8, 4) is 0 Å². The van der Waals surface area contributed by atoms with E-state index < -0.39 is 41.5 Å². The minimum atomic E-state index is -6.72. The van der Waals surface area contributed by atoms with Crippen LogP contribution in [0.4, 0.5) is 45.3 Å². The fourth-order valence-electron chi connectivity index (χ4n) is 1.90. The Morgan fingerprint density at radius 3 is 2.12 bits per heavy atom. The topological polar surface area (TPSA) is 51.2 Å². The van der Waals surface area contributed by atoms with E-state index in [2.05, 4.69) is 9.72 Å². The third kappa shape index (κ3) is 2.35. The number of aromatic nitrogens is 1. The van der Waals surface area contributed by atoms with Crippen molar-refractivity contribution in [3.05, 3.63) is 23.9 Å². The molecule has 0 bridgehead atoms. The van der Waals surface area contributed by atoms with Crippen molar-refractivity contribution >= 4 is 11.7 Å². The van der Waals surface area contributed by atoms with E-state index >= 15 is 0 Å². The number of alkyl halides is 9. The van der Waals surface area contributed by atoms with Crippen LogP contribution in [-0.4, -0.2) is 40.6 Å². The molecule has 1 saturated heterocycles. The van der Waals surface area contributed by atoms with Gasteiger partial charge in [0.2, 0.25) is 0 Å². The van der Waals surface area contributed by atoms with Crippen molar-refractivity contribution in [2.45, 2.75) is 36.7 Å². The van der Waals surface area contributed by atoms with Crippen LogP contribution in [-0.2, 0) is 9.53 Å². The molecule has 140 valence electrons. The highest BCUT2D eigenvalue weighted by Gasteiger charge is 2.96. The normalized spacial score (nSPS) is 27.1. The number of rotatable bonds is 3. The molecular weight excluding hydrogens is 375 g/mol. The minimum absolute atomic E-state index is 0.00863. The third-order valence-electron chi connectivity index (χ3n) is 3.36. The monoisotopic (exact) mass is 382 g/mol. The molecule has 1 aliphatic rings. The Labute approximate surface area is 133 Å². The second kappa shape index (κ2) is 5.22. The Balaban J connectivity index is 2.44. The lowest BCUT2D eigenvalue weighted by molar-refractivity contribution is -0.366. The molecule has 0 saturated carbocycles. The number of hydrogen-bond acceptors (Lipinski definition) is 3. The van der Waals surface area contributed by atoms with Crippen LogP contribution < -0.4 is 5.32 Å². The standard InChI is InChI=1S/C12H7F9N2O2/c1-5-3-2-4-22-6(5)23-7(24)8(13,14)11(19)9(15,16)10(17,18)12(20,21)25-11/h2-4H,1H3,(H,22,23,24). The molecular formula is C12H7F9N2O2. The van der Waals surface area contributed by atoms with Gasteiger partial charge in [-0.15, -0.1) is 0 Å². The summed E-state index contributed by atoms with van der Waals surface area (Å²) in [5.74, 6) is -29.4. The van der Waals surface area contributed by atoms with Crippen molar-refractivity contribution in [2.24, 2.45) is 0 Å². The van der Waals surface area contributed by atoms with E-state index in [9.17, 15) is 44.3 Å². The van der Waals surface area contributed by atoms with E-state index in [1.54, 1.807) is 0 Å². The maximum Gasteiger partial charge on any atom is 0.428 e. The van der Waals surface area contributed by atoms with Crippen molar-refractivity contribution in [1.82, 2.24) is 4.98 Å². The van der Waals surface area contributed by atoms with Gasteiger partial charge in [0.05, 0.1) is 0 Å². The van der Waals surface area contributed by atoms with Crippen LogP contribution in [0.5, 0.6) is 0 Å². The first-order chi connectivity index (χ1) is 11.1. The lowest BCUT2D eigenvalue weighted by Gasteiger charge is -2.31. The number of amides is 1. The number of carbonyl (C=O) groups is 1. The number of ether oxygens (including phenoxy) is 1. The van der Waals surface area contributed by atoms with E-state index in [4.69, 9.17) is 0 Å². The summed E-state index contributed by atoms with van der Waals surface area (Å²) in [5.41, 5.74) is 0.00863. The molecule has 0 radical (unpaired) electrons. The molecule has 13 heteroatoms. The van der Waals surface area contributed by atoms with Crippen LogP contribution in [0.15, 0.2) is 18.3 Å². The molecule has 0 aromatic carbocycles. The molecule has 1 aliphatic heterocycles. The van der Waals surface area contributed by atoms with E-state index in [0.29, 0.717) is 0 Å². The van der Waals surface area contributed by atoms with Crippen LogP contribution in [0, 0.1) is 6.92 Å². The van der Waals surface area contributed by atoms with Crippen molar-refractivity contribution in [3.63, 3.8) is 0 Å². The lowest BCUT2D eigenvalue weighted by Crippen LogP contribution is -2.63. The smallest absolute Gasteiger partial charge is 0.305 e. The summed E-state index contributed by atoms with van der Waals surface area (Å²) in [6.07, 6.45) is -5.31. The lowest BCUT2D eigenvalue weighted by atomic mass is 9.99. The Kier molecular flexibility index (Phi) is 4.03. The Hall–Kier alpha value is -2.05. The Morgan fingerprint density at radius 1 is 1.12 bits per heavy atom. The van der Waals surface area contributed by atoms with Crippen molar-refractivity contribution in [1.29, 1.82) is 0 Å². The highest BCUT2D eigenvalue weighted by atomic mass is 19.4. The van der Waals surface area contributed by atoms with Gasteiger partial charge >= 0.3 is 35.6 Å². The Bertz CT molecular complexity index is 710. The van der Waals surface area contributed by atoms with Gasteiger partial charge in [-0.1, -0.05) is 6.07 Å². The molecule has 1 aromatic heterocycles. The number of anilines is 1. The second-order valence-electron chi connectivity index (χ2n) is 5.06. The summed E-state index contributed by atoms with van der Waals surface area (Å²) in [6, 6.07) is 2.50. The number of pyridine rings is 1. The molecule has 25 heavy (non-hydrogen) atoms. The van der Waals surface area contributed by atoms with Gasteiger partial charge in [0.1, 0.15) is 5.82 Å². The zero-order valence-corrected chi connectivity index (χ0v) is 11.9. The quantitative estimate of drug-likeness (QED) is 0.814. The van der Waals surface area contributed by atoms with Crippen LogP contribution >= 0.6 is 0 Å². The van der Waals surface area contributed by atoms with Gasteiger partial charge in [-0.25, -0.2) is 4.98 Å². The average molecular weight is 382 g/mol. The van der Waals surface area contributed by atoms with Gasteiger partial charge in [-0.2, -0.15) is 39.5 Å². The second-order valence-corrected chi connectivity index (χ2v) is 5.06. The van der Waals surface area contributed by atoms with Crippen LogP contribution in [0.25, 0.3) is 0 Å². The largest absolute Gasteiger partial charge is 0.428 e. The average Bonchev–Trinajstić information content (AvgIpc) is 2.57. The SMILES string of the molecule is Cc1cccnc1NC(=O)C(F)(F)C1(F)OC(F)(F)C(F)(F)C1(F)F. The molecule has 0 aliphatic carbocycles. The molecule has 1 atom stereocenters. The van der Waals surface area contributed by atoms with Crippen molar-refractivity contribution in [2.75, 3.05) is 5.32 Å². The predicted molar refractivity (Wildman–Crippen MR) is 62.3 cm³/mol. The summed E-state index contributed by atoms with van der Waals surface area (Å²) in [5, 5.41) is 1.20. The molecule has 1 unspecified atom stereocenters. The van der Waals surface area contributed by atoms with Gasteiger partial charge in [-0.3, -0.25) is 9.53 Å². The first kappa shape index (κ1) is 19.3. The molecule has 4 nitrogen and oxygen atoms in total. The fourth-order valence-corrected chi connectivity index (χ4v) is 1.90. The summed E-state index contributed by atoms with van der Waals surface area (Å²) in [7, 11) is 0. The summed E-state index contributed by atoms with van der Waals surface area (Å²) >= 11 is 0. The molecule has 0 spiro atoms. The van der Waals surface area contributed by atoms with E-state index in [1.807, 2.05) is 0 Å². The number of aryl methyl sites for hydroxylation is 1. The van der Waals surface area contributed by atoms with Gasteiger partial charge in [0.15, 0.2) is 0 Å². The first-order valence-electron chi connectivity index (χ1n) is 6.25.